The summed E-state index contributed by atoms with van der Waals surface area (Å²) in [5, 5.41) is 19.7. The highest BCUT2D eigenvalue weighted by Gasteiger charge is 2.41. The molecule has 2 aromatic rings. The van der Waals surface area contributed by atoms with E-state index in [-0.39, 0.29) is 17.9 Å². The van der Waals surface area contributed by atoms with Crippen molar-refractivity contribution in [2.75, 3.05) is 13.2 Å². The third kappa shape index (κ3) is 2.46. The van der Waals surface area contributed by atoms with Crippen LogP contribution in [0.4, 0.5) is 0 Å². The topological polar surface area (TPSA) is 78.0 Å². The Balaban J connectivity index is 1.66. The number of aromatic amines is 1. The van der Waals surface area contributed by atoms with Crippen LogP contribution in [0.1, 0.15) is 29.6 Å². The number of hydrogen-bond acceptors (Lipinski definition) is 3. The predicted octanol–water partition coefficient (Wildman–Crippen LogP) is 1.46. The Kier molecular flexibility index (Phi) is 2.98. The van der Waals surface area contributed by atoms with Crippen molar-refractivity contribution < 1.29 is 9.90 Å². The molecule has 0 bridgehead atoms. The fourth-order valence-electron chi connectivity index (χ4n) is 2.38. The normalized spacial score (nSPS) is 16.5. The van der Waals surface area contributed by atoms with Crippen molar-refractivity contribution >= 4 is 16.8 Å². The van der Waals surface area contributed by atoms with E-state index in [1.807, 2.05) is 12.1 Å². The summed E-state index contributed by atoms with van der Waals surface area (Å²) < 4.78 is 0. The van der Waals surface area contributed by atoms with Gasteiger partial charge in [-0.05, 0) is 36.8 Å². The summed E-state index contributed by atoms with van der Waals surface area (Å²) >= 11 is 0. The smallest absolute Gasteiger partial charge is 0.251 e. The van der Waals surface area contributed by atoms with Crippen molar-refractivity contribution in [3.63, 3.8) is 0 Å². The summed E-state index contributed by atoms with van der Waals surface area (Å²) in [5.41, 5.74) is 1.64. The number of fused-ring (bicyclic) bond motifs is 1. The van der Waals surface area contributed by atoms with E-state index in [0.717, 1.165) is 30.2 Å². The van der Waals surface area contributed by atoms with Crippen LogP contribution in [-0.4, -0.2) is 34.4 Å². The molecule has 0 aliphatic heterocycles. The minimum absolute atomic E-state index is 0.0688. The van der Waals surface area contributed by atoms with E-state index in [1.165, 1.54) is 0 Å². The second kappa shape index (κ2) is 4.66. The van der Waals surface area contributed by atoms with E-state index in [2.05, 4.69) is 15.5 Å². The molecule has 5 heteroatoms. The van der Waals surface area contributed by atoms with Gasteiger partial charge in [-0.2, -0.15) is 5.10 Å². The number of hydrogen-bond donors (Lipinski definition) is 3. The zero-order chi connectivity index (χ0) is 13.3. The number of aliphatic hydroxyl groups excluding tert-OH is 1. The predicted molar refractivity (Wildman–Crippen MR) is 71.8 cm³/mol. The highest BCUT2D eigenvalue weighted by atomic mass is 16.3. The zero-order valence-corrected chi connectivity index (χ0v) is 10.6. The maximum absolute atomic E-state index is 12.1. The molecule has 1 aromatic carbocycles. The van der Waals surface area contributed by atoms with Crippen molar-refractivity contribution in [2.24, 2.45) is 5.41 Å². The van der Waals surface area contributed by atoms with Gasteiger partial charge in [0.25, 0.3) is 5.91 Å². The molecular weight excluding hydrogens is 242 g/mol. The van der Waals surface area contributed by atoms with Crippen LogP contribution in [0.3, 0.4) is 0 Å². The Morgan fingerprint density at radius 3 is 3.05 bits per heavy atom. The zero-order valence-electron chi connectivity index (χ0n) is 10.6. The number of carbonyl (C=O) groups is 1. The molecule has 0 atom stereocenters. The lowest BCUT2D eigenvalue weighted by molar-refractivity contribution is 0.0941. The second-order valence-electron chi connectivity index (χ2n) is 5.33. The number of nitrogens with zero attached hydrogens (tertiary/aromatic N) is 1. The monoisotopic (exact) mass is 259 g/mol. The SMILES string of the molecule is O=C(NCC1(CCO)CC1)c1ccc2cn[nH]c2c1. The number of rotatable bonds is 5. The molecule has 0 saturated heterocycles. The number of benzene rings is 1. The van der Waals surface area contributed by atoms with E-state index in [0.29, 0.717) is 12.1 Å². The third-order valence-electron chi connectivity index (χ3n) is 3.93. The average Bonchev–Trinajstić information content (AvgIpc) is 3.02. The van der Waals surface area contributed by atoms with Crippen LogP contribution in [0.15, 0.2) is 24.4 Å². The summed E-state index contributed by atoms with van der Waals surface area (Å²) in [5.74, 6) is -0.0688. The second-order valence-corrected chi connectivity index (χ2v) is 5.33. The molecule has 1 saturated carbocycles. The highest BCUT2D eigenvalue weighted by molar-refractivity contribution is 5.97. The van der Waals surface area contributed by atoms with Gasteiger partial charge in [-0.1, -0.05) is 6.07 Å². The molecular formula is C14H17N3O2. The molecule has 1 amide bonds. The third-order valence-corrected chi connectivity index (χ3v) is 3.93. The van der Waals surface area contributed by atoms with Crippen LogP contribution in [0.25, 0.3) is 10.9 Å². The fourth-order valence-corrected chi connectivity index (χ4v) is 2.38. The van der Waals surface area contributed by atoms with Gasteiger partial charge in [0.15, 0.2) is 0 Å². The van der Waals surface area contributed by atoms with E-state index < -0.39 is 0 Å². The van der Waals surface area contributed by atoms with Crippen LogP contribution in [0, 0.1) is 5.41 Å². The largest absolute Gasteiger partial charge is 0.396 e. The van der Waals surface area contributed by atoms with E-state index >= 15 is 0 Å². The van der Waals surface area contributed by atoms with Gasteiger partial charge in [0.1, 0.15) is 0 Å². The number of H-pyrrole nitrogens is 1. The fraction of sp³-hybridized carbons (Fsp3) is 0.429. The Morgan fingerprint density at radius 1 is 1.47 bits per heavy atom. The van der Waals surface area contributed by atoms with E-state index in [1.54, 1.807) is 12.3 Å². The molecule has 100 valence electrons. The van der Waals surface area contributed by atoms with Gasteiger partial charge in [0.05, 0.1) is 11.7 Å². The molecule has 0 radical (unpaired) electrons. The summed E-state index contributed by atoms with van der Waals surface area (Å²) in [6.07, 6.45) is 4.69. The van der Waals surface area contributed by atoms with Gasteiger partial charge in [-0.3, -0.25) is 9.89 Å². The summed E-state index contributed by atoms with van der Waals surface area (Å²) in [7, 11) is 0. The van der Waals surface area contributed by atoms with Gasteiger partial charge >= 0.3 is 0 Å². The van der Waals surface area contributed by atoms with Crippen molar-refractivity contribution in [1.29, 1.82) is 0 Å². The molecule has 3 N–H and O–H groups in total. The van der Waals surface area contributed by atoms with Crippen molar-refractivity contribution in [3.05, 3.63) is 30.0 Å². The maximum atomic E-state index is 12.1. The first-order valence-corrected chi connectivity index (χ1v) is 6.55. The van der Waals surface area contributed by atoms with Gasteiger partial charge in [0.2, 0.25) is 0 Å². The molecule has 0 spiro atoms. The average molecular weight is 259 g/mol. The number of amides is 1. The van der Waals surface area contributed by atoms with Gasteiger partial charge in [0, 0.05) is 24.1 Å². The Hall–Kier alpha value is -1.88. The lowest BCUT2D eigenvalue weighted by Crippen LogP contribution is -2.30. The van der Waals surface area contributed by atoms with Crippen molar-refractivity contribution in [3.8, 4) is 0 Å². The Bertz CT molecular complexity index is 602. The van der Waals surface area contributed by atoms with Crippen LogP contribution < -0.4 is 5.32 Å². The molecule has 1 heterocycles. The first-order valence-electron chi connectivity index (χ1n) is 6.55. The molecule has 3 rings (SSSR count). The number of aromatic nitrogens is 2. The van der Waals surface area contributed by atoms with Crippen molar-refractivity contribution in [2.45, 2.75) is 19.3 Å². The Labute approximate surface area is 111 Å². The maximum Gasteiger partial charge on any atom is 0.251 e. The first kappa shape index (κ1) is 12.2. The minimum Gasteiger partial charge on any atom is -0.396 e. The minimum atomic E-state index is -0.0688. The first-order chi connectivity index (χ1) is 9.22. The van der Waals surface area contributed by atoms with Gasteiger partial charge in [-0.15, -0.1) is 0 Å². The molecule has 1 aromatic heterocycles. The summed E-state index contributed by atoms with van der Waals surface area (Å²) in [6.45, 7) is 0.837. The number of carbonyl (C=O) groups excluding carboxylic acids is 1. The highest BCUT2D eigenvalue weighted by Crippen LogP contribution is 2.47. The van der Waals surface area contributed by atoms with Crippen molar-refractivity contribution in [1.82, 2.24) is 15.5 Å². The molecule has 1 fully saturated rings. The quantitative estimate of drug-likeness (QED) is 0.760. The molecule has 1 aliphatic carbocycles. The molecule has 5 nitrogen and oxygen atoms in total. The summed E-state index contributed by atoms with van der Waals surface area (Å²) in [4.78, 5) is 12.1. The van der Waals surface area contributed by atoms with E-state index in [4.69, 9.17) is 5.11 Å². The number of aliphatic hydroxyl groups is 1. The standard InChI is InChI=1S/C14H17N3O2/c18-6-5-14(3-4-14)9-15-13(19)10-1-2-11-8-16-17-12(11)7-10/h1-2,7-8,18H,3-6,9H2,(H,15,19)(H,16,17). The lowest BCUT2D eigenvalue weighted by atomic mass is 10.0. The Morgan fingerprint density at radius 2 is 2.32 bits per heavy atom. The van der Waals surface area contributed by atoms with Crippen LogP contribution in [0.2, 0.25) is 0 Å². The van der Waals surface area contributed by atoms with Crippen LogP contribution in [0.5, 0.6) is 0 Å². The number of nitrogens with one attached hydrogen (secondary N) is 2. The molecule has 1 aliphatic rings. The lowest BCUT2D eigenvalue weighted by Gasteiger charge is -2.14. The van der Waals surface area contributed by atoms with E-state index in [9.17, 15) is 4.79 Å². The van der Waals surface area contributed by atoms with Gasteiger partial charge in [-0.25, -0.2) is 0 Å². The van der Waals surface area contributed by atoms with Gasteiger partial charge < -0.3 is 10.4 Å². The summed E-state index contributed by atoms with van der Waals surface area (Å²) in [6, 6.07) is 5.50. The van der Waals surface area contributed by atoms with Crippen LogP contribution in [-0.2, 0) is 0 Å². The molecule has 0 unspecified atom stereocenters. The molecule has 19 heavy (non-hydrogen) atoms. The van der Waals surface area contributed by atoms with Crippen LogP contribution >= 0.6 is 0 Å².